The summed E-state index contributed by atoms with van der Waals surface area (Å²) >= 11 is 0. The molecule has 0 unspecified atom stereocenters. The van der Waals surface area contributed by atoms with Gasteiger partial charge in [0.1, 0.15) is 24.1 Å². The number of carbonyl (C=O) groups is 2. The van der Waals surface area contributed by atoms with Crippen LogP contribution in [0.4, 0.5) is 5.69 Å². The molecule has 1 fully saturated rings. The molecule has 1 aliphatic rings. The van der Waals surface area contributed by atoms with Gasteiger partial charge in [-0.05, 0) is 60.4 Å². The zero-order chi connectivity index (χ0) is 29.9. The van der Waals surface area contributed by atoms with Crippen molar-refractivity contribution in [3.63, 3.8) is 0 Å². The van der Waals surface area contributed by atoms with E-state index in [4.69, 9.17) is 9.47 Å². The fourth-order valence-electron chi connectivity index (χ4n) is 5.34. The van der Waals surface area contributed by atoms with Crippen LogP contribution in [0, 0.1) is 29.6 Å². The van der Waals surface area contributed by atoms with Gasteiger partial charge in [-0.25, -0.2) is 4.98 Å². The third-order valence-electron chi connectivity index (χ3n) is 8.35. The summed E-state index contributed by atoms with van der Waals surface area (Å²) in [5.41, 5.74) is 4.20. The Morgan fingerprint density at radius 3 is 2.56 bits per heavy atom. The highest BCUT2D eigenvalue weighted by atomic mass is 16.5. The Kier molecular flexibility index (Phi) is 9.03. The number of ether oxygens (including phenoxy) is 2. The number of aromatic nitrogens is 2. The fraction of sp³-hybridized carbons (Fsp3) is 0.500. The molecule has 3 heterocycles. The summed E-state index contributed by atoms with van der Waals surface area (Å²) in [6.45, 7) is 12.5. The summed E-state index contributed by atoms with van der Waals surface area (Å²) in [5.74, 6) is 0.577. The zero-order valence-corrected chi connectivity index (χ0v) is 25.2. The van der Waals surface area contributed by atoms with Crippen molar-refractivity contribution in [2.45, 2.75) is 53.4 Å². The van der Waals surface area contributed by atoms with Crippen LogP contribution in [-0.2, 0) is 16.6 Å². The van der Waals surface area contributed by atoms with Crippen LogP contribution < -0.4 is 10.1 Å². The van der Waals surface area contributed by atoms with E-state index in [1.807, 2.05) is 30.4 Å². The number of hydrogen-bond acceptors (Lipinski definition) is 6. The molecular formula is C32H41N5O4. The number of fused-ring (bicyclic) bond motifs is 1. The third-order valence-corrected chi connectivity index (χ3v) is 8.35. The number of piperidine rings is 1. The molecule has 9 nitrogen and oxygen atoms in total. The van der Waals surface area contributed by atoms with E-state index in [2.05, 4.69) is 43.3 Å². The second-order valence-corrected chi connectivity index (χ2v) is 12.0. The second kappa shape index (κ2) is 12.3. The van der Waals surface area contributed by atoms with E-state index in [9.17, 15) is 14.9 Å². The van der Waals surface area contributed by atoms with Gasteiger partial charge in [0.15, 0.2) is 0 Å². The number of carbonyl (C=O) groups excluding carboxylic acids is 2. The zero-order valence-electron chi connectivity index (χ0n) is 25.2. The largest absolute Gasteiger partial charge is 0.490 e. The summed E-state index contributed by atoms with van der Waals surface area (Å²) in [6.07, 6.45) is 5.58. The van der Waals surface area contributed by atoms with E-state index in [1.54, 1.807) is 25.4 Å². The first-order chi connectivity index (χ1) is 19.5. The number of nitriles is 1. The molecule has 2 aromatic heterocycles. The summed E-state index contributed by atoms with van der Waals surface area (Å²) < 4.78 is 12.6. The molecule has 2 amide bonds. The van der Waals surface area contributed by atoms with Crippen LogP contribution >= 0.6 is 0 Å². The van der Waals surface area contributed by atoms with Crippen molar-refractivity contribution in [1.82, 2.24) is 14.5 Å². The maximum Gasteiger partial charge on any atom is 0.255 e. The Labute approximate surface area is 242 Å². The molecule has 0 saturated carbocycles. The van der Waals surface area contributed by atoms with Crippen LogP contribution in [-0.4, -0.2) is 59.7 Å². The van der Waals surface area contributed by atoms with Gasteiger partial charge in [0, 0.05) is 50.3 Å². The maximum absolute atomic E-state index is 13.2. The van der Waals surface area contributed by atoms with E-state index in [0.29, 0.717) is 36.1 Å². The molecule has 1 saturated heterocycles. The van der Waals surface area contributed by atoms with Crippen LogP contribution in [0.25, 0.3) is 11.0 Å². The minimum Gasteiger partial charge on any atom is -0.490 e. The van der Waals surface area contributed by atoms with Crippen LogP contribution in [0.2, 0.25) is 0 Å². The molecule has 1 aromatic carbocycles. The average molecular weight is 560 g/mol. The van der Waals surface area contributed by atoms with Crippen molar-refractivity contribution in [3.05, 3.63) is 52.8 Å². The lowest BCUT2D eigenvalue weighted by molar-refractivity contribution is -0.139. The van der Waals surface area contributed by atoms with E-state index in [-0.39, 0.29) is 28.7 Å². The molecule has 0 bridgehead atoms. The van der Waals surface area contributed by atoms with Gasteiger partial charge in [-0.3, -0.25) is 9.59 Å². The first-order valence-electron chi connectivity index (χ1n) is 14.2. The Balaban J connectivity index is 1.53. The van der Waals surface area contributed by atoms with Gasteiger partial charge in [0.05, 0.1) is 24.1 Å². The molecule has 1 aliphatic heterocycles. The van der Waals surface area contributed by atoms with Gasteiger partial charge >= 0.3 is 0 Å². The van der Waals surface area contributed by atoms with Crippen molar-refractivity contribution in [2.24, 2.45) is 18.4 Å². The molecule has 41 heavy (non-hydrogen) atoms. The Bertz CT molecular complexity index is 1470. The minimum atomic E-state index is -0.327. The summed E-state index contributed by atoms with van der Waals surface area (Å²) in [5, 5.41) is 13.6. The topological polar surface area (TPSA) is 109 Å². The van der Waals surface area contributed by atoms with Gasteiger partial charge in [-0.2, -0.15) is 5.26 Å². The summed E-state index contributed by atoms with van der Waals surface area (Å²) in [4.78, 5) is 33.0. The monoisotopic (exact) mass is 559 g/mol. The van der Waals surface area contributed by atoms with Gasteiger partial charge in [-0.15, -0.1) is 0 Å². The number of pyridine rings is 1. The first kappa shape index (κ1) is 30.1. The van der Waals surface area contributed by atoms with Crippen LogP contribution in [0.1, 0.15) is 73.5 Å². The number of nitrogens with one attached hydrogen (secondary N) is 1. The van der Waals surface area contributed by atoms with Crippen LogP contribution in [0.15, 0.2) is 30.6 Å². The lowest BCUT2D eigenvalue weighted by Gasteiger charge is -2.37. The van der Waals surface area contributed by atoms with Crippen molar-refractivity contribution in [3.8, 4) is 11.8 Å². The molecule has 1 atom stereocenters. The predicted molar refractivity (Wildman–Crippen MR) is 159 cm³/mol. The molecule has 4 rings (SSSR count). The SMILES string of the molecule is COCCOc1ccc(C(=O)Nc2cnc3c(c(C4CCN(C(=O)[C@H](C)C(C)(C)C)CC4)cn3C)c2C)cc1C#N. The number of rotatable bonds is 8. The summed E-state index contributed by atoms with van der Waals surface area (Å²) in [6, 6.07) is 6.90. The highest BCUT2D eigenvalue weighted by Gasteiger charge is 2.33. The van der Waals surface area contributed by atoms with E-state index in [1.165, 1.54) is 11.6 Å². The van der Waals surface area contributed by atoms with Crippen molar-refractivity contribution < 1.29 is 19.1 Å². The number of benzene rings is 1. The highest BCUT2D eigenvalue weighted by Crippen LogP contribution is 2.38. The fourth-order valence-corrected chi connectivity index (χ4v) is 5.34. The highest BCUT2D eigenvalue weighted by molar-refractivity contribution is 6.06. The molecule has 0 aliphatic carbocycles. The van der Waals surface area contributed by atoms with E-state index in [0.717, 1.165) is 42.5 Å². The normalized spacial score (nSPS) is 15.0. The Morgan fingerprint density at radius 2 is 1.93 bits per heavy atom. The lowest BCUT2D eigenvalue weighted by atomic mass is 9.80. The number of amides is 2. The first-order valence-corrected chi connectivity index (χ1v) is 14.2. The molecule has 3 aromatic rings. The molecule has 218 valence electrons. The molecule has 0 radical (unpaired) electrons. The number of methoxy groups -OCH3 is 1. The Morgan fingerprint density at radius 1 is 1.22 bits per heavy atom. The van der Waals surface area contributed by atoms with Gasteiger partial charge < -0.3 is 24.3 Å². The van der Waals surface area contributed by atoms with Crippen molar-refractivity contribution in [1.29, 1.82) is 5.26 Å². The maximum atomic E-state index is 13.2. The van der Waals surface area contributed by atoms with E-state index < -0.39 is 0 Å². The van der Waals surface area contributed by atoms with Crippen LogP contribution in [0.5, 0.6) is 5.75 Å². The number of anilines is 1. The molecular weight excluding hydrogens is 518 g/mol. The quantitative estimate of drug-likeness (QED) is 0.369. The van der Waals surface area contributed by atoms with Gasteiger partial charge in [0.2, 0.25) is 5.91 Å². The van der Waals surface area contributed by atoms with Gasteiger partial charge in [-0.1, -0.05) is 27.7 Å². The molecule has 9 heteroatoms. The van der Waals surface area contributed by atoms with Crippen LogP contribution in [0.3, 0.4) is 0 Å². The number of likely N-dealkylation sites (tertiary alicyclic amines) is 1. The molecule has 1 N–H and O–H groups in total. The number of hydrogen-bond donors (Lipinski definition) is 1. The minimum absolute atomic E-state index is 0.0298. The smallest absolute Gasteiger partial charge is 0.255 e. The van der Waals surface area contributed by atoms with Gasteiger partial charge in [0.25, 0.3) is 5.91 Å². The van der Waals surface area contributed by atoms with Crippen molar-refractivity contribution in [2.75, 3.05) is 38.7 Å². The van der Waals surface area contributed by atoms with E-state index >= 15 is 0 Å². The lowest BCUT2D eigenvalue weighted by Crippen LogP contribution is -2.43. The predicted octanol–water partition coefficient (Wildman–Crippen LogP) is 5.42. The summed E-state index contributed by atoms with van der Waals surface area (Å²) in [7, 11) is 3.56. The average Bonchev–Trinajstić information content (AvgIpc) is 3.30. The standard InChI is InChI=1S/C32H41N5O4/c1-20-26(35-30(38)23-8-9-27(24(16-23)17-33)41-15-14-40-7)18-34-29-28(20)25(19-36(29)6)22-10-12-37(13-11-22)31(39)21(2)32(3,4)5/h8-9,16,18-19,21-22H,10-15H2,1-7H3,(H,35,38)/t21-/m0/s1. The van der Waals surface area contributed by atoms with Crippen molar-refractivity contribution >= 4 is 28.5 Å². The molecule has 0 spiro atoms. The number of aryl methyl sites for hydroxylation is 2. The number of nitrogens with zero attached hydrogens (tertiary/aromatic N) is 4. The second-order valence-electron chi connectivity index (χ2n) is 12.0. The Hall–Kier alpha value is -3.90. The third kappa shape index (κ3) is 6.38.